The molecule has 0 aromatic rings. The van der Waals surface area contributed by atoms with Crippen molar-refractivity contribution < 1.29 is 19.5 Å². The van der Waals surface area contributed by atoms with Crippen LogP contribution in [0.15, 0.2) is 0 Å². The number of carboxylic acids is 1. The summed E-state index contributed by atoms with van der Waals surface area (Å²) >= 11 is 0. The van der Waals surface area contributed by atoms with Crippen molar-refractivity contribution in [3.8, 4) is 0 Å². The Balaban J connectivity index is 2.10. The van der Waals surface area contributed by atoms with E-state index >= 15 is 0 Å². The summed E-state index contributed by atoms with van der Waals surface area (Å²) in [6, 6.07) is 0. The topological polar surface area (TPSA) is 102 Å². The standard InChI is InChI=1S/C13H24N4O4/c1-11(18)14-3-4-15-12(19)10-17-8-6-16(7-9-17)5-2-13(20)21/h2-10H2,1H3,(H,14,18)(H,15,19)(H,20,21). The first-order valence-corrected chi connectivity index (χ1v) is 7.15. The van der Waals surface area contributed by atoms with Gasteiger partial charge in [-0.1, -0.05) is 0 Å². The van der Waals surface area contributed by atoms with Crippen molar-refractivity contribution in [2.75, 3.05) is 52.4 Å². The fraction of sp³-hybridized carbons (Fsp3) is 0.769. The molecule has 8 nitrogen and oxygen atoms in total. The van der Waals surface area contributed by atoms with Crippen molar-refractivity contribution >= 4 is 17.8 Å². The van der Waals surface area contributed by atoms with Crippen molar-refractivity contribution in [3.63, 3.8) is 0 Å². The van der Waals surface area contributed by atoms with Gasteiger partial charge in [-0.05, 0) is 0 Å². The molecule has 21 heavy (non-hydrogen) atoms. The zero-order chi connectivity index (χ0) is 15.7. The van der Waals surface area contributed by atoms with Crippen LogP contribution in [0.3, 0.4) is 0 Å². The van der Waals surface area contributed by atoms with Gasteiger partial charge in [-0.15, -0.1) is 0 Å². The zero-order valence-corrected chi connectivity index (χ0v) is 12.4. The summed E-state index contributed by atoms with van der Waals surface area (Å²) in [7, 11) is 0. The predicted molar refractivity (Wildman–Crippen MR) is 76.8 cm³/mol. The minimum absolute atomic E-state index is 0.0562. The van der Waals surface area contributed by atoms with Crippen LogP contribution in [-0.4, -0.2) is 85.0 Å². The summed E-state index contributed by atoms with van der Waals surface area (Å²) in [6.45, 7) is 6.29. The summed E-state index contributed by atoms with van der Waals surface area (Å²) in [5.41, 5.74) is 0. The van der Waals surface area contributed by atoms with E-state index in [-0.39, 0.29) is 18.2 Å². The fourth-order valence-electron chi connectivity index (χ4n) is 2.12. The molecule has 3 N–H and O–H groups in total. The Morgan fingerprint density at radius 1 is 1.00 bits per heavy atom. The van der Waals surface area contributed by atoms with Gasteiger partial charge in [-0.2, -0.15) is 0 Å². The van der Waals surface area contributed by atoms with Crippen LogP contribution in [0.2, 0.25) is 0 Å². The smallest absolute Gasteiger partial charge is 0.304 e. The Labute approximate surface area is 124 Å². The highest BCUT2D eigenvalue weighted by molar-refractivity contribution is 5.78. The van der Waals surface area contributed by atoms with Crippen LogP contribution < -0.4 is 10.6 Å². The van der Waals surface area contributed by atoms with Crippen molar-refractivity contribution in [2.24, 2.45) is 0 Å². The van der Waals surface area contributed by atoms with Gasteiger partial charge in [-0.25, -0.2) is 0 Å². The summed E-state index contributed by atoms with van der Waals surface area (Å²) in [5.74, 6) is -0.947. The minimum Gasteiger partial charge on any atom is -0.481 e. The number of carboxylic acid groups (broad SMARTS) is 1. The molecule has 1 rings (SSSR count). The van der Waals surface area contributed by atoms with E-state index in [1.54, 1.807) is 0 Å². The van der Waals surface area contributed by atoms with Crippen LogP contribution >= 0.6 is 0 Å². The summed E-state index contributed by atoms with van der Waals surface area (Å²) in [5, 5.41) is 14.0. The first-order chi connectivity index (χ1) is 9.97. The Morgan fingerprint density at radius 3 is 2.14 bits per heavy atom. The molecule has 0 aromatic carbocycles. The molecule has 0 saturated carbocycles. The number of nitrogens with zero attached hydrogens (tertiary/aromatic N) is 2. The Morgan fingerprint density at radius 2 is 1.57 bits per heavy atom. The number of carbonyl (C=O) groups is 3. The second kappa shape index (κ2) is 9.30. The van der Waals surface area contributed by atoms with E-state index in [0.717, 1.165) is 26.2 Å². The monoisotopic (exact) mass is 300 g/mol. The van der Waals surface area contributed by atoms with Gasteiger partial charge in [0.15, 0.2) is 0 Å². The lowest BCUT2D eigenvalue weighted by atomic mass is 10.3. The predicted octanol–water partition coefficient (Wildman–Crippen LogP) is -1.67. The maximum atomic E-state index is 11.7. The third kappa shape index (κ3) is 8.26. The van der Waals surface area contributed by atoms with Crippen LogP contribution in [0.1, 0.15) is 13.3 Å². The maximum absolute atomic E-state index is 11.7. The van der Waals surface area contributed by atoms with Crippen LogP contribution in [0.4, 0.5) is 0 Å². The van der Waals surface area contributed by atoms with Crippen molar-refractivity contribution in [1.82, 2.24) is 20.4 Å². The molecule has 0 atom stereocenters. The molecule has 0 aliphatic carbocycles. The number of amides is 2. The molecule has 1 aliphatic heterocycles. The number of hydrogen-bond acceptors (Lipinski definition) is 5. The largest absolute Gasteiger partial charge is 0.481 e. The fourth-order valence-corrected chi connectivity index (χ4v) is 2.12. The molecule has 1 heterocycles. The first-order valence-electron chi connectivity index (χ1n) is 7.15. The van der Waals surface area contributed by atoms with Gasteiger partial charge in [0.2, 0.25) is 11.8 Å². The Bertz CT molecular complexity index is 367. The minimum atomic E-state index is -0.782. The third-order valence-electron chi connectivity index (χ3n) is 3.30. The quantitative estimate of drug-likeness (QED) is 0.463. The molecule has 2 amide bonds. The van der Waals surface area contributed by atoms with E-state index in [9.17, 15) is 14.4 Å². The van der Waals surface area contributed by atoms with Gasteiger partial charge in [0.05, 0.1) is 13.0 Å². The van der Waals surface area contributed by atoms with E-state index in [4.69, 9.17) is 5.11 Å². The normalized spacial score (nSPS) is 16.4. The molecule has 0 spiro atoms. The van der Waals surface area contributed by atoms with Crippen LogP contribution in [-0.2, 0) is 14.4 Å². The van der Waals surface area contributed by atoms with E-state index in [1.165, 1.54) is 6.92 Å². The molecule has 1 saturated heterocycles. The van der Waals surface area contributed by atoms with Gasteiger partial charge in [0, 0.05) is 52.7 Å². The lowest BCUT2D eigenvalue weighted by Gasteiger charge is -2.33. The summed E-state index contributed by atoms with van der Waals surface area (Å²) in [6.07, 6.45) is 0.156. The van der Waals surface area contributed by atoms with E-state index in [2.05, 4.69) is 15.5 Å². The van der Waals surface area contributed by atoms with Crippen molar-refractivity contribution in [2.45, 2.75) is 13.3 Å². The molecule has 0 radical (unpaired) electrons. The number of nitrogens with one attached hydrogen (secondary N) is 2. The van der Waals surface area contributed by atoms with E-state index in [0.29, 0.717) is 26.2 Å². The molecule has 0 aromatic heterocycles. The van der Waals surface area contributed by atoms with Gasteiger partial charge in [0.1, 0.15) is 0 Å². The average Bonchev–Trinajstić information content (AvgIpc) is 2.42. The second-order valence-electron chi connectivity index (χ2n) is 5.09. The number of carbonyl (C=O) groups excluding carboxylic acids is 2. The average molecular weight is 300 g/mol. The molecule has 1 aliphatic rings. The molecule has 1 fully saturated rings. The van der Waals surface area contributed by atoms with Crippen LogP contribution in [0.25, 0.3) is 0 Å². The SMILES string of the molecule is CC(=O)NCCNC(=O)CN1CCN(CCC(=O)O)CC1. The lowest BCUT2D eigenvalue weighted by molar-refractivity contribution is -0.137. The van der Waals surface area contributed by atoms with Gasteiger partial charge < -0.3 is 20.6 Å². The number of piperazine rings is 1. The number of aliphatic carboxylic acids is 1. The summed E-state index contributed by atoms with van der Waals surface area (Å²) in [4.78, 5) is 37.0. The van der Waals surface area contributed by atoms with Gasteiger partial charge in [0.25, 0.3) is 0 Å². The molecule has 8 heteroatoms. The zero-order valence-electron chi connectivity index (χ0n) is 12.4. The van der Waals surface area contributed by atoms with Crippen LogP contribution in [0.5, 0.6) is 0 Å². The highest BCUT2D eigenvalue weighted by Crippen LogP contribution is 2.02. The first kappa shape index (κ1) is 17.4. The molecule has 120 valence electrons. The van der Waals surface area contributed by atoms with Crippen LogP contribution in [0, 0.1) is 0 Å². The third-order valence-corrected chi connectivity index (χ3v) is 3.30. The van der Waals surface area contributed by atoms with Crippen molar-refractivity contribution in [1.29, 1.82) is 0 Å². The maximum Gasteiger partial charge on any atom is 0.304 e. The van der Waals surface area contributed by atoms with Crippen molar-refractivity contribution in [3.05, 3.63) is 0 Å². The molecule has 0 bridgehead atoms. The van der Waals surface area contributed by atoms with Gasteiger partial charge >= 0.3 is 5.97 Å². The number of hydrogen-bond donors (Lipinski definition) is 3. The highest BCUT2D eigenvalue weighted by Gasteiger charge is 2.18. The second-order valence-corrected chi connectivity index (χ2v) is 5.09. The highest BCUT2D eigenvalue weighted by atomic mass is 16.4. The van der Waals surface area contributed by atoms with Gasteiger partial charge in [-0.3, -0.25) is 19.3 Å². The van der Waals surface area contributed by atoms with E-state index in [1.807, 2.05) is 4.90 Å². The molecular weight excluding hydrogens is 276 g/mol. The lowest BCUT2D eigenvalue weighted by Crippen LogP contribution is -2.50. The molecule has 0 unspecified atom stereocenters. The summed E-state index contributed by atoms with van der Waals surface area (Å²) < 4.78 is 0. The Hall–Kier alpha value is -1.67. The number of rotatable bonds is 8. The Kier molecular flexibility index (Phi) is 7.70. The molecular formula is C13H24N4O4. The van der Waals surface area contributed by atoms with E-state index < -0.39 is 5.97 Å².